The molecule has 1 heterocycles. The number of rotatable bonds is 7. The lowest BCUT2D eigenvalue weighted by atomic mass is 9.77. The number of benzene rings is 1. The molecule has 1 aliphatic rings. The van der Waals surface area contributed by atoms with E-state index in [1.165, 1.54) is 4.31 Å². The molecule has 1 amide bonds. The van der Waals surface area contributed by atoms with Crippen LogP contribution in [0.15, 0.2) is 29.2 Å². The molecule has 1 saturated heterocycles. The molecule has 140 valence electrons. The Kier molecular flexibility index (Phi) is 6.24. The summed E-state index contributed by atoms with van der Waals surface area (Å²) in [6.07, 6.45) is 1.62. The number of nitrogens with zero attached hydrogens (tertiary/aromatic N) is 1. The molecule has 0 bridgehead atoms. The van der Waals surface area contributed by atoms with Crippen molar-refractivity contribution < 1.29 is 17.9 Å². The molecule has 0 spiro atoms. The van der Waals surface area contributed by atoms with Gasteiger partial charge in [-0.1, -0.05) is 26.0 Å². The van der Waals surface area contributed by atoms with Crippen molar-refractivity contribution >= 4 is 15.9 Å². The summed E-state index contributed by atoms with van der Waals surface area (Å²) >= 11 is 0. The summed E-state index contributed by atoms with van der Waals surface area (Å²) < 4.78 is 32.5. The fourth-order valence-electron chi connectivity index (χ4n) is 3.29. The summed E-state index contributed by atoms with van der Waals surface area (Å²) in [6.45, 7) is 5.01. The van der Waals surface area contributed by atoms with Gasteiger partial charge in [0, 0.05) is 26.8 Å². The molecule has 0 radical (unpaired) electrons. The second-order valence-corrected chi connectivity index (χ2v) is 8.99. The van der Waals surface area contributed by atoms with Gasteiger partial charge in [-0.25, -0.2) is 8.42 Å². The monoisotopic (exact) mass is 368 g/mol. The fraction of sp³-hybridized carbons (Fsp3) is 0.611. The molecule has 7 heteroatoms. The number of hydrogen-bond acceptors (Lipinski definition) is 4. The number of hydrogen-bond donors (Lipinski definition) is 1. The van der Waals surface area contributed by atoms with Crippen LogP contribution < -0.4 is 5.73 Å². The summed E-state index contributed by atoms with van der Waals surface area (Å²) in [5.74, 6) is -0.122. The molecule has 2 N–H and O–H groups in total. The maximum Gasteiger partial charge on any atom is 0.243 e. The first-order chi connectivity index (χ1) is 11.7. The minimum atomic E-state index is -3.65. The lowest BCUT2D eigenvalue weighted by Gasteiger charge is -2.40. The van der Waals surface area contributed by atoms with Crippen LogP contribution in [0.25, 0.3) is 0 Å². The molecule has 1 fully saturated rings. The van der Waals surface area contributed by atoms with E-state index in [4.69, 9.17) is 10.5 Å². The average molecular weight is 368 g/mol. The summed E-state index contributed by atoms with van der Waals surface area (Å²) in [5.41, 5.74) is 5.85. The van der Waals surface area contributed by atoms with E-state index >= 15 is 0 Å². The lowest BCUT2D eigenvalue weighted by Crippen LogP contribution is -2.52. The van der Waals surface area contributed by atoms with Crippen molar-refractivity contribution in [1.29, 1.82) is 0 Å². The van der Waals surface area contributed by atoms with Gasteiger partial charge in [-0.05, 0) is 42.9 Å². The number of amides is 1. The standard InChI is InChI=1S/C18H28N2O4S/c1-14(2)15-5-7-16(8-6-15)25(22,23)20-11-4-9-18(13-20,17(19)21)10-12-24-3/h5-8,14H,4,9-13H2,1-3H3,(H2,19,21). The van der Waals surface area contributed by atoms with Crippen LogP contribution >= 0.6 is 0 Å². The number of nitrogens with two attached hydrogens (primary N) is 1. The lowest BCUT2D eigenvalue weighted by molar-refractivity contribution is -0.131. The molecule has 25 heavy (non-hydrogen) atoms. The van der Waals surface area contributed by atoms with Gasteiger partial charge in [0.15, 0.2) is 0 Å². The minimum Gasteiger partial charge on any atom is -0.385 e. The zero-order valence-electron chi connectivity index (χ0n) is 15.2. The van der Waals surface area contributed by atoms with Crippen molar-refractivity contribution in [3.8, 4) is 0 Å². The zero-order chi connectivity index (χ0) is 18.7. The molecule has 1 aromatic rings. The van der Waals surface area contributed by atoms with Crippen LogP contribution in [-0.2, 0) is 19.6 Å². The Morgan fingerprint density at radius 2 is 1.96 bits per heavy atom. The topological polar surface area (TPSA) is 89.7 Å². The van der Waals surface area contributed by atoms with Gasteiger partial charge in [-0.2, -0.15) is 4.31 Å². The predicted octanol–water partition coefficient (Wildman–Crippen LogP) is 2.10. The highest BCUT2D eigenvalue weighted by Crippen LogP contribution is 2.36. The quantitative estimate of drug-likeness (QED) is 0.798. The first-order valence-corrected chi connectivity index (χ1v) is 10.1. The largest absolute Gasteiger partial charge is 0.385 e. The van der Waals surface area contributed by atoms with Crippen molar-refractivity contribution in [2.75, 3.05) is 26.8 Å². The van der Waals surface area contributed by atoms with E-state index in [9.17, 15) is 13.2 Å². The Labute approximate surface area is 150 Å². The SMILES string of the molecule is COCCC1(C(N)=O)CCCN(S(=O)(=O)c2ccc(C(C)C)cc2)C1. The Morgan fingerprint density at radius 1 is 1.32 bits per heavy atom. The van der Waals surface area contributed by atoms with E-state index in [-0.39, 0.29) is 11.4 Å². The summed E-state index contributed by atoms with van der Waals surface area (Å²) in [5, 5.41) is 0. The molecular weight excluding hydrogens is 340 g/mol. The molecule has 1 aliphatic heterocycles. The predicted molar refractivity (Wildman–Crippen MR) is 96.6 cm³/mol. The highest BCUT2D eigenvalue weighted by molar-refractivity contribution is 7.89. The van der Waals surface area contributed by atoms with Crippen LogP contribution in [0.2, 0.25) is 0 Å². The Bertz CT molecular complexity index is 700. The third kappa shape index (κ3) is 4.22. The third-order valence-corrected chi connectivity index (χ3v) is 6.89. The normalized spacial score (nSPS) is 22.2. The Hall–Kier alpha value is -1.44. The van der Waals surface area contributed by atoms with E-state index in [2.05, 4.69) is 13.8 Å². The molecule has 6 nitrogen and oxygen atoms in total. The molecule has 2 rings (SSSR count). The molecular formula is C18H28N2O4S. The summed E-state index contributed by atoms with van der Waals surface area (Å²) in [7, 11) is -2.09. The van der Waals surface area contributed by atoms with Gasteiger partial charge in [0.1, 0.15) is 0 Å². The molecule has 1 unspecified atom stereocenters. The van der Waals surface area contributed by atoms with Crippen LogP contribution in [0.4, 0.5) is 0 Å². The molecule has 1 aromatic carbocycles. The van der Waals surface area contributed by atoms with Gasteiger partial charge in [-0.15, -0.1) is 0 Å². The van der Waals surface area contributed by atoms with E-state index in [1.807, 2.05) is 12.1 Å². The van der Waals surface area contributed by atoms with Crippen molar-refractivity contribution in [2.45, 2.75) is 43.9 Å². The van der Waals surface area contributed by atoms with Crippen LogP contribution in [0.5, 0.6) is 0 Å². The Balaban J connectivity index is 2.27. The van der Waals surface area contributed by atoms with Gasteiger partial charge in [0.2, 0.25) is 15.9 Å². The van der Waals surface area contributed by atoms with E-state index in [1.54, 1.807) is 19.2 Å². The summed E-state index contributed by atoms with van der Waals surface area (Å²) in [4.78, 5) is 12.3. The number of carbonyl (C=O) groups is 1. The second-order valence-electron chi connectivity index (χ2n) is 7.05. The summed E-state index contributed by atoms with van der Waals surface area (Å²) in [6, 6.07) is 6.96. The van der Waals surface area contributed by atoms with Crippen molar-refractivity contribution in [2.24, 2.45) is 11.1 Å². The number of sulfonamides is 1. The van der Waals surface area contributed by atoms with Gasteiger partial charge in [0.25, 0.3) is 0 Å². The van der Waals surface area contributed by atoms with Crippen molar-refractivity contribution in [1.82, 2.24) is 4.31 Å². The molecule has 0 aliphatic carbocycles. The van der Waals surface area contributed by atoms with Gasteiger partial charge >= 0.3 is 0 Å². The Morgan fingerprint density at radius 3 is 2.48 bits per heavy atom. The van der Waals surface area contributed by atoms with Crippen LogP contribution in [0.1, 0.15) is 44.6 Å². The first kappa shape index (κ1) is 19.9. The maximum absolute atomic E-state index is 13.0. The van der Waals surface area contributed by atoms with Crippen molar-refractivity contribution in [3.05, 3.63) is 29.8 Å². The number of ether oxygens (including phenoxy) is 1. The zero-order valence-corrected chi connectivity index (χ0v) is 16.0. The fourth-order valence-corrected chi connectivity index (χ4v) is 4.86. The van der Waals surface area contributed by atoms with Gasteiger partial charge in [-0.3, -0.25) is 4.79 Å². The highest BCUT2D eigenvalue weighted by atomic mass is 32.2. The van der Waals surface area contributed by atoms with E-state index in [0.29, 0.717) is 38.3 Å². The van der Waals surface area contributed by atoms with E-state index in [0.717, 1.165) is 5.56 Å². The van der Waals surface area contributed by atoms with E-state index < -0.39 is 21.3 Å². The second kappa shape index (κ2) is 7.85. The minimum absolute atomic E-state index is 0.111. The third-order valence-electron chi connectivity index (χ3n) is 5.03. The maximum atomic E-state index is 13.0. The van der Waals surface area contributed by atoms with Crippen LogP contribution in [-0.4, -0.2) is 45.4 Å². The molecule has 0 aromatic heterocycles. The van der Waals surface area contributed by atoms with Gasteiger partial charge < -0.3 is 10.5 Å². The molecule has 1 atom stereocenters. The van der Waals surface area contributed by atoms with Crippen LogP contribution in [0, 0.1) is 5.41 Å². The highest BCUT2D eigenvalue weighted by Gasteiger charge is 2.44. The first-order valence-electron chi connectivity index (χ1n) is 8.62. The van der Waals surface area contributed by atoms with Gasteiger partial charge in [0.05, 0.1) is 10.3 Å². The smallest absolute Gasteiger partial charge is 0.243 e. The van der Waals surface area contributed by atoms with Crippen LogP contribution in [0.3, 0.4) is 0 Å². The average Bonchev–Trinajstić information content (AvgIpc) is 2.60. The number of carbonyl (C=O) groups excluding carboxylic acids is 1. The van der Waals surface area contributed by atoms with Crippen molar-refractivity contribution in [3.63, 3.8) is 0 Å². The number of primary amides is 1. The number of piperidine rings is 1. The molecule has 0 saturated carbocycles. The number of methoxy groups -OCH3 is 1.